The van der Waals surface area contributed by atoms with Gasteiger partial charge in [0, 0.05) is 26.2 Å². The molecule has 0 atom stereocenters. The zero-order valence-electron chi connectivity index (χ0n) is 22.9. The van der Waals surface area contributed by atoms with E-state index in [1.54, 1.807) is 24.3 Å². The van der Waals surface area contributed by atoms with Crippen molar-refractivity contribution in [1.29, 1.82) is 0 Å². The minimum absolute atomic E-state index is 0.0915. The molecule has 4 aromatic carbocycles. The number of nitrogens with zero attached hydrogens (tertiary/aromatic N) is 3. The summed E-state index contributed by atoms with van der Waals surface area (Å²) in [6, 6.07) is 26.1. The van der Waals surface area contributed by atoms with Gasteiger partial charge in [0.15, 0.2) is 11.5 Å². The summed E-state index contributed by atoms with van der Waals surface area (Å²) in [4.78, 5) is 32.1. The number of amides is 2. The summed E-state index contributed by atoms with van der Waals surface area (Å²) >= 11 is 13.3. The van der Waals surface area contributed by atoms with Crippen LogP contribution >= 0.6 is 43.5 Å². The zero-order chi connectivity index (χ0) is 30.3. The Morgan fingerprint density at radius 3 is 2.60 bits per heavy atom. The predicted octanol–water partition coefficient (Wildman–Crippen LogP) is 6.79. The lowest BCUT2D eigenvalue weighted by Gasteiger charge is -2.22. The Bertz CT molecular complexity index is 1730. The standard InChI is InChI=1S/C32H25Br2ClN4O4/c1-42-28-14-20(13-25(34)32(28)43-19-22-9-5-6-10-26(22)35)16-37-38-29(40)18-39-27-12-11-23(33)15-24(27)31(36-17-30(39)41)21-7-3-2-4-8-21/h2-16H,17-19H2,1H3,(H,38,40)/b37-16-. The smallest absolute Gasteiger partial charge is 0.260 e. The Balaban J connectivity index is 1.28. The fraction of sp³-hybridized carbons (Fsp3) is 0.125. The summed E-state index contributed by atoms with van der Waals surface area (Å²) in [5, 5.41) is 4.72. The average molecular weight is 725 g/mol. The van der Waals surface area contributed by atoms with Gasteiger partial charge in [-0.3, -0.25) is 14.6 Å². The van der Waals surface area contributed by atoms with Crippen LogP contribution in [0.5, 0.6) is 11.5 Å². The number of fused-ring (bicyclic) bond motifs is 1. The topological polar surface area (TPSA) is 92.6 Å². The SMILES string of the molecule is COc1cc(/C=N\NC(=O)CN2C(=O)CN=C(c3ccccc3)c3cc(Br)ccc32)cc(Br)c1OCc1ccccc1Cl. The molecule has 2 amide bonds. The molecule has 1 aliphatic heterocycles. The van der Waals surface area contributed by atoms with Crippen molar-refractivity contribution in [3.63, 3.8) is 0 Å². The highest BCUT2D eigenvalue weighted by Gasteiger charge is 2.27. The molecule has 8 nitrogen and oxygen atoms in total. The summed E-state index contributed by atoms with van der Waals surface area (Å²) in [6.45, 7) is -0.0681. The van der Waals surface area contributed by atoms with E-state index in [-0.39, 0.29) is 25.6 Å². The lowest BCUT2D eigenvalue weighted by Crippen LogP contribution is -2.40. The molecule has 218 valence electrons. The predicted molar refractivity (Wildman–Crippen MR) is 176 cm³/mol. The third kappa shape index (κ3) is 7.33. The summed E-state index contributed by atoms with van der Waals surface area (Å²) in [5.41, 5.74) is 6.91. The number of hydrogen-bond acceptors (Lipinski definition) is 6. The Kier molecular flexibility index (Phi) is 9.91. The number of carbonyl (C=O) groups is 2. The van der Waals surface area contributed by atoms with E-state index in [0.29, 0.717) is 38.0 Å². The highest BCUT2D eigenvalue weighted by atomic mass is 79.9. The van der Waals surface area contributed by atoms with E-state index in [1.807, 2.05) is 60.7 Å². The molecule has 0 bridgehead atoms. The molecule has 1 heterocycles. The maximum Gasteiger partial charge on any atom is 0.260 e. The van der Waals surface area contributed by atoms with Gasteiger partial charge >= 0.3 is 0 Å². The molecule has 1 aliphatic rings. The van der Waals surface area contributed by atoms with Gasteiger partial charge < -0.3 is 14.4 Å². The number of anilines is 1. The van der Waals surface area contributed by atoms with Gasteiger partial charge in [0.05, 0.1) is 29.2 Å². The van der Waals surface area contributed by atoms with E-state index in [4.69, 9.17) is 21.1 Å². The number of hydrogen-bond donors (Lipinski definition) is 1. The Labute approximate surface area is 270 Å². The molecule has 0 aliphatic carbocycles. The molecular formula is C32H25Br2ClN4O4. The van der Waals surface area contributed by atoms with E-state index in [0.717, 1.165) is 21.2 Å². The Hall–Kier alpha value is -3.99. The maximum absolute atomic E-state index is 13.1. The van der Waals surface area contributed by atoms with E-state index < -0.39 is 5.91 Å². The fourth-order valence-corrected chi connectivity index (χ4v) is 5.60. The van der Waals surface area contributed by atoms with E-state index in [2.05, 4.69) is 47.4 Å². The third-order valence-corrected chi connectivity index (χ3v) is 7.96. The number of carbonyl (C=O) groups excluding carboxylic acids is 2. The van der Waals surface area contributed by atoms with Crippen LogP contribution < -0.4 is 19.8 Å². The normalized spacial score (nSPS) is 12.9. The number of hydrazone groups is 1. The number of methoxy groups -OCH3 is 1. The minimum Gasteiger partial charge on any atom is -0.493 e. The second kappa shape index (κ2) is 14.0. The average Bonchev–Trinajstić information content (AvgIpc) is 3.13. The van der Waals surface area contributed by atoms with Gasteiger partial charge in [-0.05, 0) is 57.9 Å². The molecule has 0 radical (unpaired) electrons. The summed E-state index contributed by atoms with van der Waals surface area (Å²) in [7, 11) is 1.54. The second-order valence-electron chi connectivity index (χ2n) is 9.38. The molecule has 1 N–H and O–H groups in total. The number of halogens is 3. The molecule has 4 aromatic rings. The summed E-state index contributed by atoms with van der Waals surface area (Å²) < 4.78 is 13.0. The van der Waals surface area contributed by atoms with Gasteiger partial charge in [-0.15, -0.1) is 0 Å². The van der Waals surface area contributed by atoms with E-state index in [1.165, 1.54) is 18.2 Å². The van der Waals surface area contributed by atoms with Crippen LogP contribution in [0.3, 0.4) is 0 Å². The van der Waals surface area contributed by atoms with Crippen LogP contribution in [0.15, 0.2) is 104 Å². The quantitative estimate of drug-likeness (QED) is 0.152. The van der Waals surface area contributed by atoms with Crippen molar-refractivity contribution < 1.29 is 19.1 Å². The number of nitrogens with one attached hydrogen (secondary N) is 1. The molecule has 0 unspecified atom stereocenters. The second-order valence-corrected chi connectivity index (χ2v) is 11.6. The number of aliphatic imine (C=N–C) groups is 1. The van der Waals surface area contributed by atoms with Crippen molar-refractivity contribution in [3.05, 3.63) is 121 Å². The molecule has 0 aromatic heterocycles. The number of benzodiazepines with no additional fused rings is 1. The Morgan fingerprint density at radius 2 is 1.84 bits per heavy atom. The van der Waals surface area contributed by atoms with Crippen molar-refractivity contribution in [2.45, 2.75) is 6.61 Å². The lowest BCUT2D eigenvalue weighted by molar-refractivity contribution is -0.123. The van der Waals surface area contributed by atoms with Gasteiger partial charge in [0.2, 0.25) is 5.91 Å². The lowest BCUT2D eigenvalue weighted by atomic mass is 10.0. The number of benzene rings is 4. The molecule has 11 heteroatoms. The van der Waals surface area contributed by atoms with Crippen LogP contribution in [0.25, 0.3) is 0 Å². The monoisotopic (exact) mass is 722 g/mol. The molecule has 5 rings (SSSR count). The van der Waals surface area contributed by atoms with Crippen LogP contribution in [-0.2, 0) is 16.2 Å². The van der Waals surface area contributed by atoms with Crippen molar-refractivity contribution in [3.8, 4) is 11.5 Å². The highest BCUT2D eigenvalue weighted by molar-refractivity contribution is 9.10. The molecule has 0 saturated carbocycles. The van der Waals surface area contributed by atoms with Crippen molar-refractivity contribution in [2.75, 3.05) is 25.1 Å². The van der Waals surface area contributed by atoms with Crippen LogP contribution in [0.1, 0.15) is 22.3 Å². The summed E-state index contributed by atoms with van der Waals surface area (Å²) in [6.07, 6.45) is 1.48. The minimum atomic E-state index is -0.465. The van der Waals surface area contributed by atoms with Gasteiger partial charge in [-0.1, -0.05) is 76.1 Å². The number of ether oxygens (including phenoxy) is 2. The van der Waals surface area contributed by atoms with Crippen molar-refractivity contribution in [1.82, 2.24) is 5.43 Å². The largest absolute Gasteiger partial charge is 0.493 e. The third-order valence-electron chi connectivity index (χ3n) is 6.51. The van der Waals surface area contributed by atoms with Crippen molar-refractivity contribution >= 4 is 72.9 Å². The van der Waals surface area contributed by atoms with Crippen LogP contribution in [0, 0.1) is 0 Å². The van der Waals surface area contributed by atoms with Crippen LogP contribution in [0.2, 0.25) is 5.02 Å². The molecule has 0 spiro atoms. The molecule has 0 saturated heterocycles. The van der Waals surface area contributed by atoms with Gasteiger partial charge in [-0.25, -0.2) is 5.43 Å². The van der Waals surface area contributed by atoms with E-state index in [9.17, 15) is 9.59 Å². The first-order valence-electron chi connectivity index (χ1n) is 13.1. The van der Waals surface area contributed by atoms with Crippen molar-refractivity contribution in [2.24, 2.45) is 10.1 Å². The van der Waals surface area contributed by atoms with Gasteiger partial charge in [0.1, 0.15) is 19.7 Å². The maximum atomic E-state index is 13.1. The first-order chi connectivity index (χ1) is 20.8. The van der Waals surface area contributed by atoms with Crippen LogP contribution in [0.4, 0.5) is 5.69 Å². The first-order valence-corrected chi connectivity index (χ1v) is 15.1. The molecule has 43 heavy (non-hydrogen) atoms. The fourth-order valence-electron chi connectivity index (χ4n) is 4.48. The highest BCUT2D eigenvalue weighted by Crippen LogP contribution is 2.37. The molecular weight excluding hydrogens is 700 g/mol. The van der Waals surface area contributed by atoms with Crippen LogP contribution in [-0.4, -0.2) is 43.9 Å². The number of rotatable bonds is 9. The summed E-state index contributed by atoms with van der Waals surface area (Å²) in [5.74, 6) is 0.217. The van der Waals surface area contributed by atoms with Gasteiger partial charge in [0.25, 0.3) is 5.91 Å². The Morgan fingerprint density at radius 1 is 1.07 bits per heavy atom. The first kappa shape index (κ1) is 30.5. The molecule has 0 fully saturated rings. The van der Waals surface area contributed by atoms with E-state index >= 15 is 0 Å². The van der Waals surface area contributed by atoms with Gasteiger partial charge in [-0.2, -0.15) is 5.10 Å². The zero-order valence-corrected chi connectivity index (χ0v) is 26.8.